The zero-order valence-electron chi connectivity index (χ0n) is 11.9. The minimum Gasteiger partial charge on any atom is -0.464 e. The minimum absolute atomic E-state index is 0.751. The van der Waals surface area contributed by atoms with Crippen molar-refractivity contribution < 1.29 is 4.42 Å². The molecule has 0 N–H and O–H groups in total. The van der Waals surface area contributed by atoms with Crippen LogP contribution >= 0.6 is 11.8 Å². The van der Waals surface area contributed by atoms with Crippen molar-refractivity contribution in [1.29, 1.82) is 0 Å². The van der Waals surface area contributed by atoms with Gasteiger partial charge in [-0.3, -0.25) is 4.99 Å². The Morgan fingerprint density at radius 2 is 2.24 bits per heavy atom. The van der Waals surface area contributed by atoms with Gasteiger partial charge in [-0.25, -0.2) is 0 Å². The molecule has 4 heteroatoms. The number of thioether (sulfide) groups is 1. The maximum Gasteiger partial charge on any atom is 0.168 e. The van der Waals surface area contributed by atoms with Gasteiger partial charge in [-0.1, -0.05) is 23.9 Å². The Morgan fingerprint density at radius 3 is 3.10 bits per heavy atom. The molecule has 3 heterocycles. The van der Waals surface area contributed by atoms with E-state index in [1.807, 2.05) is 18.0 Å². The van der Waals surface area contributed by atoms with Gasteiger partial charge in [-0.05, 0) is 37.3 Å². The second-order valence-corrected chi connectivity index (χ2v) is 7.01. The van der Waals surface area contributed by atoms with E-state index in [2.05, 4.69) is 35.0 Å². The molecule has 106 valence electrons. The average molecular weight is 296 g/mol. The van der Waals surface area contributed by atoms with Gasteiger partial charge < -0.3 is 9.32 Å². The number of furan rings is 1. The molecule has 1 aromatic heterocycles. The third-order valence-electron chi connectivity index (χ3n) is 4.49. The quantitative estimate of drug-likeness (QED) is 0.830. The molecule has 0 atom stereocenters. The summed E-state index contributed by atoms with van der Waals surface area (Å²) in [6, 6.07) is 6.41. The largest absolute Gasteiger partial charge is 0.464 e. The lowest BCUT2D eigenvalue weighted by Crippen LogP contribution is -2.20. The third-order valence-corrected chi connectivity index (χ3v) is 5.77. The van der Waals surface area contributed by atoms with Crippen LogP contribution in [0.3, 0.4) is 0 Å². The van der Waals surface area contributed by atoms with Gasteiger partial charge in [0.2, 0.25) is 0 Å². The van der Waals surface area contributed by atoms with Crippen LogP contribution in [0.4, 0.5) is 0 Å². The Morgan fingerprint density at radius 1 is 1.33 bits per heavy atom. The molecule has 0 amide bonds. The maximum absolute atomic E-state index is 5.69. The van der Waals surface area contributed by atoms with E-state index in [0.29, 0.717) is 0 Å². The first kappa shape index (κ1) is 11.9. The van der Waals surface area contributed by atoms with Crippen molar-refractivity contribution in [1.82, 2.24) is 4.90 Å². The number of fused-ring (bicyclic) bond motifs is 2. The number of aliphatic imine (C=N–C) groups is 1. The Labute approximate surface area is 127 Å². The van der Waals surface area contributed by atoms with Gasteiger partial charge in [0.15, 0.2) is 5.17 Å². The normalized spacial score (nSPS) is 21.4. The van der Waals surface area contributed by atoms with E-state index in [4.69, 9.17) is 4.42 Å². The third kappa shape index (κ3) is 1.65. The molecular formula is C17H16N2OS. The molecule has 1 fully saturated rings. The summed E-state index contributed by atoms with van der Waals surface area (Å²) in [4.78, 5) is 8.61. The molecular weight excluding hydrogens is 280 g/mol. The summed E-state index contributed by atoms with van der Waals surface area (Å²) < 4.78 is 5.69. The van der Waals surface area contributed by atoms with Crippen LogP contribution in [-0.4, -0.2) is 23.2 Å². The predicted molar refractivity (Wildman–Crippen MR) is 87.2 cm³/mol. The van der Waals surface area contributed by atoms with E-state index >= 15 is 0 Å². The van der Waals surface area contributed by atoms with E-state index in [-0.39, 0.29) is 0 Å². The van der Waals surface area contributed by atoms with E-state index in [0.717, 1.165) is 24.6 Å². The van der Waals surface area contributed by atoms with Gasteiger partial charge in [0.05, 0.1) is 18.5 Å². The van der Waals surface area contributed by atoms with E-state index in [9.17, 15) is 0 Å². The van der Waals surface area contributed by atoms with E-state index < -0.39 is 0 Å². The summed E-state index contributed by atoms with van der Waals surface area (Å²) in [7, 11) is 0. The SMILES string of the molecule is Cc1coc2cccc(C3=C(C4CC4)SC4=NCCN43)c12. The van der Waals surface area contributed by atoms with Crippen LogP contribution in [0.5, 0.6) is 0 Å². The highest BCUT2D eigenvalue weighted by atomic mass is 32.2. The molecule has 0 spiro atoms. The molecule has 1 aromatic carbocycles. The molecule has 0 saturated heterocycles. The number of hydrogen-bond acceptors (Lipinski definition) is 4. The fourth-order valence-corrected chi connectivity index (χ4v) is 4.71. The van der Waals surface area contributed by atoms with Gasteiger partial charge in [-0.2, -0.15) is 0 Å². The number of rotatable bonds is 2. The second kappa shape index (κ2) is 4.17. The summed E-state index contributed by atoms with van der Waals surface area (Å²) in [5, 5.41) is 2.46. The van der Waals surface area contributed by atoms with Crippen molar-refractivity contribution in [2.45, 2.75) is 19.8 Å². The van der Waals surface area contributed by atoms with Gasteiger partial charge in [0, 0.05) is 22.4 Å². The van der Waals surface area contributed by atoms with Crippen molar-refractivity contribution in [3.05, 3.63) is 40.5 Å². The molecule has 2 aromatic rings. The van der Waals surface area contributed by atoms with Crippen molar-refractivity contribution in [2.75, 3.05) is 13.1 Å². The van der Waals surface area contributed by atoms with Crippen molar-refractivity contribution in [3.63, 3.8) is 0 Å². The Bertz CT molecular complexity index is 813. The Balaban J connectivity index is 1.78. The first-order chi connectivity index (χ1) is 10.3. The number of benzene rings is 1. The topological polar surface area (TPSA) is 28.7 Å². The van der Waals surface area contributed by atoms with Crippen LogP contribution in [0.15, 0.2) is 38.8 Å². The highest BCUT2D eigenvalue weighted by Gasteiger charge is 2.40. The molecule has 1 saturated carbocycles. The fraction of sp³-hybridized carbons (Fsp3) is 0.353. The molecule has 3 nitrogen and oxygen atoms in total. The number of aryl methyl sites for hydroxylation is 1. The van der Waals surface area contributed by atoms with Crippen LogP contribution in [0.25, 0.3) is 16.7 Å². The maximum atomic E-state index is 5.69. The summed E-state index contributed by atoms with van der Waals surface area (Å²) in [5.41, 5.74) is 4.93. The molecule has 2 aliphatic heterocycles. The molecule has 0 bridgehead atoms. The first-order valence-corrected chi connectivity index (χ1v) is 8.36. The van der Waals surface area contributed by atoms with Crippen molar-refractivity contribution in [2.24, 2.45) is 10.9 Å². The van der Waals surface area contributed by atoms with E-state index in [1.165, 1.54) is 45.1 Å². The zero-order valence-corrected chi connectivity index (χ0v) is 12.7. The minimum atomic E-state index is 0.751. The molecule has 21 heavy (non-hydrogen) atoms. The zero-order chi connectivity index (χ0) is 14.0. The van der Waals surface area contributed by atoms with Gasteiger partial charge in [0.1, 0.15) is 5.58 Å². The van der Waals surface area contributed by atoms with E-state index in [1.54, 1.807) is 0 Å². The summed E-state index contributed by atoms with van der Waals surface area (Å²) in [5.74, 6) is 0.751. The number of nitrogens with zero attached hydrogens (tertiary/aromatic N) is 2. The highest BCUT2D eigenvalue weighted by Crippen LogP contribution is 2.53. The average Bonchev–Trinajstić information content (AvgIpc) is 2.95. The van der Waals surface area contributed by atoms with Crippen LogP contribution in [-0.2, 0) is 0 Å². The lowest BCUT2D eigenvalue weighted by atomic mass is 10.0. The van der Waals surface area contributed by atoms with Crippen LogP contribution in [0.1, 0.15) is 24.0 Å². The molecule has 5 rings (SSSR count). The summed E-state index contributed by atoms with van der Waals surface area (Å²) in [6.07, 6.45) is 4.52. The van der Waals surface area contributed by atoms with Gasteiger partial charge >= 0.3 is 0 Å². The highest BCUT2D eigenvalue weighted by molar-refractivity contribution is 8.17. The Hall–Kier alpha value is -1.68. The van der Waals surface area contributed by atoms with Gasteiger partial charge in [-0.15, -0.1) is 0 Å². The van der Waals surface area contributed by atoms with Crippen molar-refractivity contribution in [3.8, 4) is 0 Å². The van der Waals surface area contributed by atoms with Crippen LogP contribution in [0.2, 0.25) is 0 Å². The van der Waals surface area contributed by atoms with Crippen molar-refractivity contribution >= 4 is 33.6 Å². The monoisotopic (exact) mass is 296 g/mol. The predicted octanol–water partition coefficient (Wildman–Crippen LogP) is 4.24. The Kier molecular flexibility index (Phi) is 2.37. The fourth-order valence-electron chi connectivity index (χ4n) is 3.35. The lowest BCUT2D eigenvalue weighted by Gasteiger charge is -2.18. The first-order valence-electron chi connectivity index (χ1n) is 7.54. The molecule has 1 aliphatic carbocycles. The molecule has 0 radical (unpaired) electrons. The van der Waals surface area contributed by atoms with Crippen LogP contribution in [0, 0.1) is 12.8 Å². The summed E-state index contributed by atoms with van der Waals surface area (Å²) in [6.45, 7) is 4.07. The smallest absolute Gasteiger partial charge is 0.168 e. The number of allylic oxidation sites excluding steroid dienone is 1. The number of amidine groups is 1. The number of hydrogen-bond donors (Lipinski definition) is 0. The summed E-state index contributed by atoms with van der Waals surface area (Å²) >= 11 is 1.90. The van der Waals surface area contributed by atoms with Gasteiger partial charge in [0.25, 0.3) is 0 Å². The standard InChI is InChI=1S/C17H16N2OS/c1-10-9-20-13-4-2-3-12(14(10)13)15-16(11-5-6-11)21-17-18-7-8-19(15)17/h2-4,9,11H,5-8H2,1H3. The van der Waals surface area contributed by atoms with Crippen LogP contribution < -0.4 is 0 Å². The molecule has 3 aliphatic rings. The lowest BCUT2D eigenvalue weighted by molar-refractivity contribution is 0.613. The second-order valence-electron chi connectivity index (χ2n) is 6.00. The molecule has 0 unspecified atom stereocenters.